The molecule has 0 aliphatic rings. The van der Waals surface area contributed by atoms with Gasteiger partial charge in [-0.1, -0.05) is 31.7 Å². The quantitative estimate of drug-likeness (QED) is 0.439. The van der Waals surface area contributed by atoms with Crippen LogP contribution in [-0.2, 0) is 21.0 Å². The van der Waals surface area contributed by atoms with Crippen LogP contribution in [0.25, 0.3) is 0 Å². The molecule has 9 nitrogen and oxygen atoms in total. The molecule has 0 aliphatic carbocycles. The third-order valence-corrected chi connectivity index (χ3v) is 7.60. The van der Waals surface area contributed by atoms with Crippen LogP contribution >= 0.6 is 11.8 Å². The van der Waals surface area contributed by atoms with Crippen LogP contribution in [0, 0.1) is 6.92 Å². The zero-order chi connectivity index (χ0) is 23.6. The van der Waals surface area contributed by atoms with Crippen LogP contribution in [0.5, 0.6) is 0 Å². The summed E-state index contributed by atoms with van der Waals surface area (Å²) in [5.74, 6) is 3.42. The van der Waals surface area contributed by atoms with Gasteiger partial charge >= 0.3 is 6.18 Å². The molecule has 1 atom stereocenters. The molecule has 2 aromatic rings. The number of hydrogen-bond acceptors (Lipinski definition) is 7. The molecule has 3 N–H and O–H groups in total. The summed E-state index contributed by atoms with van der Waals surface area (Å²) < 4.78 is 65.6. The van der Waals surface area contributed by atoms with Crippen LogP contribution in [0.2, 0.25) is 0 Å². The van der Waals surface area contributed by atoms with Crippen molar-refractivity contribution < 1.29 is 26.4 Å². The van der Waals surface area contributed by atoms with Crippen LogP contribution in [-0.4, -0.2) is 51.8 Å². The number of nitrogens with one attached hydrogen (secondary N) is 1. The number of aryl methyl sites for hydroxylation is 1. The molecule has 0 radical (unpaired) electrons. The normalized spacial score (nSPS) is 13.4. The number of anilines is 1. The van der Waals surface area contributed by atoms with E-state index in [1.54, 1.807) is 32.9 Å². The second-order valence-electron chi connectivity index (χ2n) is 6.49. The summed E-state index contributed by atoms with van der Waals surface area (Å²) in [5.41, 5.74) is 0.752. The highest BCUT2D eigenvalue weighted by Gasteiger charge is 2.38. The van der Waals surface area contributed by atoms with Gasteiger partial charge in [-0.05, 0) is 31.5 Å². The molecule has 0 saturated heterocycles. The minimum absolute atomic E-state index is 0.0610. The average Bonchev–Trinajstić information content (AvgIpc) is 3.04. The van der Waals surface area contributed by atoms with Gasteiger partial charge in [0.1, 0.15) is 0 Å². The summed E-state index contributed by atoms with van der Waals surface area (Å²) in [5, 5.41) is 7.77. The monoisotopic (exact) mass is 480 g/mol. The Balaban J connectivity index is 2.20. The van der Waals surface area contributed by atoms with E-state index in [4.69, 9.17) is 5.84 Å². The number of sulfonamides is 1. The highest BCUT2D eigenvalue weighted by atomic mass is 32.2. The van der Waals surface area contributed by atoms with Crippen LogP contribution in [0.15, 0.2) is 28.3 Å². The fraction of sp³-hybridized carbons (Fsp3) is 0.471. The molecule has 1 heterocycles. The van der Waals surface area contributed by atoms with E-state index >= 15 is 0 Å². The van der Waals surface area contributed by atoms with Gasteiger partial charge < -0.3 is 11.2 Å². The number of nitrogens with two attached hydrogens (primary N) is 1. The van der Waals surface area contributed by atoms with Crippen LogP contribution in [0.3, 0.4) is 0 Å². The number of aromatic nitrogens is 3. The highest BCUT2D eigenvalue weighted by molar-refractivity contribution is 8.00. The van der Waals surface area contributed by atoms with Crippen molar-refractivity contribution in [1.82, 2.24) is 19.2 Å². The Bertz CT molecular complexity index is 1050. The first-order chi connectivity index (χ1) is 14.3. The molecule has 14 heteroatoms. The minimum Gasteiger partial charge on any atom is -0.335 e. The number of benzene rings is 1. The molecule has 172 valence electrons. The topological polar surface area (TPSA) is 123 Å². The standard InChI is InChI=1S/C17H23F3N6O3S2/c1-5-25(6-2)31(28,29)13-9-12(8-7-10(13)3)22-14(27)11(4)30-16-24-23-15(26(16)21)17(18,19)20/h7-9,11H,5-6,21H2,1-4H3,(H,22,27). The smallest absolute Gasteiger partial charge is 0.335 e. The number of rotatable bonds is 8. The maximum atomic E-state index is 12.8. The molecule has 0 aliphatic heterocycles. The Morgan fingerprint density at radius 3 is 2.42 bits per heavy atom. The van der Waals surface area contributed by atoms with Crippen LogP contribution in [0.1, 0.15) is 32.2 Å². The summed E-state index contributed by atoms with van der Waals surface area (Å²) in [7, 11) is -3.74. The van der Waals surface area contributed by atoms with E-state index in [2.05, 4.69) is 15.5 Å². The molecule has 0 saturated carbocycles. The van der Waals surface area contributed by atoms with Gasteiger partial charge in [-0.25, -0.2) is 13.1 Å². The summed E-state index contributed by atoms with van der Waals surface area (Å²) in [6.45, 7) is 7.13. The Morgan fingerprint density at radius 1 is 1.29 bits per heavy atom. The maximum absolute atomic E-state index is 12.8. The van der Waals surface area contributed by atoms with Crippen molar-refractivity contribution in [1.29, 1.82) is 0 Å². The first-order valence-corrected chi connectivity index (χ1v) is 11.5. The van der Waals surface area contributed by atoms with E-state index < -0.39 is 33.2 Å². The molecule has 1 unspecified atom stereocenters. The molecular weight excluding hydrogens is 457 g/mol. The van der Waals surface area contributed by atoms with Gasteiger partial charge in [-0.3, -0.25) is 4.79 Å². The van der Waals surface area contributed by atoms with Crippen molar-refractivity contribution in [3.05, 3.63) is 29.6 Å². The van der Waals surface area contributed by atoms with Gasteiger partial charge in [0.15, 0.2) is 0 Å². The lowest BCUT2D eigenvalue weighted by Crippen LogP contribution is -2.31. The molecule has 0 bridgehead atoms. The van der Waals surface area contributed by atoms with E-state index in [0.717, 1.165) is 0 Å². The van der Waals surface area contributed by atoms with E-state index in [1.165, 1.54) is 17.3 Å². The maximum Gasteiger partial charge on any atom is 0.453 e. The number of nitrogen functional groups attached to an aromatic ring is 1. The average molecular weight is 481 g/mol. The van der Waals surface area contributed by atoms with Crippen molar-refractivity contribution in [2.24, 2.45) is 0 Å². The van der Waals surface area contributed by atoms with Crippen molar-refractivity contribution in [3.8, 4) is 0 Å². The van der Waals surface area contributed by atoms with Crippen LogP contribution in [0.4, 0.5) is 18.9 Å². The lowest BCUT2D eigenvalue weighted by atomic mass is 10.2. The van der Waals surface area contributed by atoms with Crippen LogP contribution < -0.4 is 11.2 Å². The summed E-state index contributed by atoms with van der Waals surface area (Å²) in [4.78, 5) is 12.6. The van der Waals surface area contributed by atoms with Gasteiger partial charge in [-0.15, -0.1) is 10.2 Å². The number of carbonyl (C=O) groups is 1. The number of halogens is 3. The molecule has 2 rings (SSSR count). The van der Waals surface area contributed by atoms with Gasteiger partial charge in [0.2, 0.25) is 21.1 Å². The lowest BCUT2D eigenvalue weighted by Gasteiger charge is -2.20. The van der Waals surface area contributed by atoms with E-state index in [-0.39, 0.29) is 20.4 Å². The third-order valence-electron chi connectivity index (χ3n) is 4.35. The predicted octanol–water partition coefficient (Wildman–Crippen LogP) is 2.47. The van der Waals surface area contributed by atoms with Crippen molar-refractivity contribution in [2.45, 2.75) is 49.2 Å². The Kier molecular flexibility index (Phi) is 7.60. The number of nitrogens with zero attached hydrogens (tertiary/aromatic N) is 4. The number of thioether (sulfide) groups is 1. The highest BCUT2D eigenvalue weighted by Crippen LogP contribution is 2.30. The van der Waals surface area contributed by atoms with E-state index in [0.29, 0.717) is 30.4 Å². The summed E-state index contributed by atoms with van der Waals surface area (Å²) >= 11 is 0.685. The molecule has 31 heavy (non-hydrogen) atoms. The van der Waals surface area contributed by atoms with Crippen molar-refractivity contribution >= 4 is 33.4 Å². The van der Waals surface area contributed by atoms with E-state index in [9.17, 15) is 26.4 Å². The van der Waals surface area contributed by atoms with Gasteiger partial charge in [-0.2, -0.15) is 17.5 Å². The molecule has 1 aromatic heterocycles. The number of amides is 1. The second kappa shape index (κ2) is 9.44. The number of carbonyl (C=O) groups excluding carboxylic acids is 1. The van der Waals surface area contributed by atoms with Gasteiger partial charge in [0.25, 0.3) is 5.82 Å². The fourth-order valence-electron chi connectivity index (χ4n) is 2.66. The molecular formula is C17H23F3N6O3S2. The first-order valence-electron chi connectivity index (χ1n) is 9.18. The molecule has 0 fully saturated rings. The van der Waals surface area contributed by atoms with Gasteiger partial charge in [0.05, 0.1) is 10.1 Å². The lowest BCUT2D eigenvalue weighted by molar-refractivity contribution is -0.146. The van der Waals surface area contributed by atoms with Crippen molar-refractivity contribution in [3.63, 3.8) is 0 Å². The third kappa shape index (κ3) is 5.49. The van der Waals surface area contributed by atoms with Crippen molar-refractivity contribution in [2.75, 3.05) is 24.2 Å². The Morgan fingerprint density at radius 2 is 1.90 bits per heavy atom. The fourth-order valence-corrected chi connectivity index (χ4v) is 5.14. The number of hydrogen-bond donors (Lipinski definition) is 2. The molecule has 1 aromatic carbocycles. The zero-order valence-electron chi connectivity index (χ0n) is 17.3. The molecule has 0 spiro atoms. The first kappa shape index (κ1) is 24.9. The number of alkyl halides is 3. The second-order valence-corrected chi connectivity index (χ2v) is 9.71. The molecule has 1 amide bonds. The summed E-state index contributed by atoms with van der Waals surface area (Å²) in [6, 6.07) is 4.46. The Labute approximate surface area is 182 Å². The summed E-state index contributed by atoms with van der Waals surface area (Å²) in [6.07, 6.45) is -4.78. The van der Waals surface area contributed by atoms with Gasteiger partial charge in [0, 0.05) is 18.8 Å². The SMILES string of the molecule is CCN(CC)S(=O)(=O)c1cc(NC(=O)C(C)Sc2nnc(C(F)(F)F)n2N)ccc1C. The zero-order valence-corrected chi connectivity index (χ0v) is 18.9. The van der Waals surface area contributed by atoms with E-state index in [1.807, 2.05) is 0 Å². The minimum atomic E-state index is -4.78. The predicted molar refractivity (Wildman–Crippen MR) is 110 cm³/mol. The Hall–Kier alpha value is -2.32. The largest absolute Gasteiger partial charge is 0.453 e.